The van der Waals surface area contributed by atoms with E-state index in [9.17, 15) is 9.90 Å². The number of rotatable bonds is 3. The molecule has 1 aliphatic rings. The number of hydrogen-bond donors (Lipinski definition) is 2. The van der Waals surface area contributed by atoms with Crippen molar-refractivity contribution in [1.82, 2.24) is 4.98 Å². The highest BCUT2D eigenvalue weighted by atomic mass is 16.3. The predicted octanol–water partition coefficient (Wildman–Crippen LogP) is 1.60. The molecule has 110 valence electrons. The molecule has 21 heavy (non-hydrogen) atoms. The fourth-order valence-corrected chi connectivity index (χ4v) is 3.07. The second kappa shape index (κ2) is 5.33. The SMILES string of the molecule is Cc1cc(N2CCCC2CO)c2ccc(C(N)=O)cc2n1. The monoisotopic (exact) mass is 285 g/mol. The number of amides is 1. The number of benzene rings is 1. The van der Waals surface area contributed by atoms with Gasteiger partial charge in [-0.3, -0.25) is 9.78 Å². The minimum Gasteiger partial charge on any atom is -0.394 e. The molecular weight excluding hydrogens is 266 g/mol. The van der Waals surface area contributed by atoms with Crippen LogP contribution >= 0.6 is 0 Å². The zero-order valence-electron chi connectivity index (χ0n) is 12.0. The first-order valence-electron chi connectivity index (χ1n) is 7.19. The van der Waals surface area contributed by atoms with Gasteiger partial charge >= 0.3 is 0 Å². The molecule has 0 radical (unpaired) electrons. The maximum absolute atomic E-state index is 11.3. The molecular formula is C16H19N3O2. The van der Waals surface area contributed by atoms with Gasteiger partial charge in [-0.15, -0.1) is 0 Å². The fourth-order valence-electron chi connectivity index (χ4n) is 3.07. The second-order valence-corrected chi connectivity index (χ2v) is 5.55. The van der Waals surface area contributed by atoms with Crippen LogP contribution in [0.5, 0.6) is 0 Å². The molecule has 1 aromatic heterocycles. The van der Waals surface area contributed by atoms with Gasteiger partial charge in [0.15, 0.2) is 0 Å². The largest absolute Gasteiger partial charge is 0.394 e. The minimum atomic E-state index is -0.448. The average molecular weight is 285 g/mol. The van der Waals surface area contributed by atoms with Crippen LogP contribution in [0.3, 0.4) is 0 Å². The van der Waals surface area contributed by atoms with Crippen molar-refractivity contribution in [2.24, 2.45) is 5.73 Å². The lowest BCUT2D eigenvalue weighted by Gasteiger charge is -2.27. The summed E-state index contributed by atoms with van der Waals surface area (Å²) in [6.07, 6.45) is 2.08. The maximum atomic E-state index is 11.3. The van der Waals surface area contributed by atoms with Gasteiger partial charge in [-0.2, -0.15) is 0 Å². The number of anilines is 1. The van der Waals surface area contributed by atoms with Crippen LogP contribution in [-0.2, 0) is 0 Å². The second-order valence-electron chi connectivity index (χ2n) is 5.55. The smallest absolute Gasteiger partial charge is 0.248 e. The van der Waals surface area contributed by atoms with Crippen LogP contribution in [-0.4, -0.2) is 35.2 Å². The van der Waals surface area contributed by atoms with Gasteiger partial charge in [0.2, 0.25) is 5.91 Å². The van der Waals surface area contributed by atoms with Gasteiger partial charge in [0.25, 0.3) is 0 Å². The molecule has 1 unspecified atom stereocenters. The topological polar surface area (TPSA) is 79.5 Å². The standard InChI is InChI=1S/C16H19N3O2/c1-10-7-15(19-6-2-3-12(19)9-20)13-5-4-11(16(17)21)8-14(13)18-10/h4-5,7-8,12,20H,2-3,6,9H2,1H3,(H2,17,21). The zero-order chi connectivity index (χ0) is 15.0. The molecule has 0 spiro atoms. The molecule has 0 aliphatic carbocycles. The lowest BCUT2D eigenvalue weighted by Crippen LogP contribution is -2.32. The Morgan fingerprint density at radius 2 is 2.29 bits per heavy atom. The van der Waals surface area contributed by atoms with E-state index in [1.54, 1.807) is 12.1 Å². The Hall–Kier alpha value is -2.14. The predicted molar refractivity (Wildman–Crippen MR) is 82.5 cm³/mol. The van der Waals surface area contributed by atoms with Crippen LogP contribution in [0.2, 0.25) is 0 Å². The summed E-state index contributed by atoms with van der Waals surface area (Å²) in [7, 11) is 0. The number of carbonyl (C=O) groups excluding carboxylic acids is 1. The molecule has 5 nitrogen and oxygen atoms in total. The van der Waals surface area contributed by atoms with E-state index in [2.05, 4.69) is 9.88 Å². The Balaban J connectivity index is 2.16. The van der Waals surface area contributed by atoms with Crippen molar-refractivity contribution in [2.75, 3.05) is 18.1 Å². The summed E-state index contributed by atoms with van der Waals surface area (Å²) in [5, 5.41) is 10.5. The molecule has 1 saturated heterocycles. The maximum Gasteiger partial charge on any atom is 0.248 e. The van der Waals surface area contributed by atoms with E-state index in [0.717, 1.165) is 41.7 Å². The molecule has 1 aromatic carbocycles. The molecule has 0 bridgehead atoms. The zero-order valence-corrected chi connectivity index (χ0v) is 12.0. The molecule has 1 amide bonds. The number of hydrogen-bond acceptors (Lipinski definition) is 4. The molecule has 5 heteroatoms. The number of nitrogens with two attached hydrogens (primary N) is 1. The summed E-state index contributed by atoms with van der Waals surface area (Å²) < 4.78 is 0. The summed E-state index contributed by atoms with van der Waals surface area (Å²) in [5.41, 5.74) is 8.53. The molecule has 1 atom stereocenters. The molecule has 1 fully saturated rings. The van der Waals surface area contributed by atoms with Gasteiger partial charge in [0.1, 0.15) is 0 Å². The van der Waals surface area contributed by atoms with Crippen molar-refractivity contribution in [1.29, 1.82) is 0 Å². The number of aromatic nitrogens is 1. The third-order valence-corrected chi connectivity index (χ3v) is 4.10. The van der Waals surface area contributed by atoms with Gasteiger partial charge in [0, 0.05) is 28.9 Å². The normalized spacial score (nSPS) is 18.4. The van der Waals surface area contributed by atoms with Crippen LogP contribution in [0.25, 0.3) is 10.9 Å². The Bertz CT molecular complexity index is 699. The van der Waals surface area contributed by atoms with E-state index >= 15 is 0 Å². The minimum absolute atomic E-state index is 0.155. The van der Waals surface area contributed by atoms with E-state index in [4.69, 9.17) is 5.73 Å². The van der Waals surface area contributed by atoms with E-state index < -0.39 is 5.91 Å². The Morgan fingerprint density at radius 1 is 1.48 bits per heavy atom. The molecule has 1 aliphatic heterocycles. The van der Waals surface area contributed by atoms with E-state index in [0.29, 0.717) is 5.56 Å². The van der Waals surface area contributed by atoms with Crippen LogP contribution < -0.4 is 10.6 Å². The molecule has 3 N–H and O–H groups in total. The number of nitrogens with zero attached hydrogens (tertiary/aromatic N) is 2. The number of pyridine rings is 1. The fraction of sp³-hybridized carbons (Fsp3) is 0.375. The van der Waals surface area contributed by atoms with E-state index in [1.807, 2.05) is 19.1 Å². The first-order chi connectivity index (χ1) is 10.1. The Kier molecular flexibility index (Phi) is 3.51. The number of aliphatic hydroxyl groups excluding tert-OH is 1. The van der Waals surface area contributed by atoms with Crippen molar-refractivity contribution in [3.8, 4) is 0 Å². The van der Waals surface area contributed by atoms with Crippen molar-refractivity contribution in [3.05, 3.63) is 35.5 Å². The molecule has 2 aromatic rings. The van der Waals surface area contributed by atoms with Crippen molar-refractivity contribution in [2.45, 2.75) is 25.8 Å². The third-order valence-electron chi connectivity index (χ3n) is 4.10. The highest BCUT2D eigenvalue weighted by Crippen LogP contribution is 2.32. The molecule has 3 rings (SSSR count). The van der Waals surface area contributed by atoms with Crippen LogP contribution in [0.1, 0.15) is 28.9 Å². The van der Waals surface area contributed by atoms with Crippen LogP contribution in [0, 0.1) is 6.92 Å². The van der Waals surface area contributed by atoms with Crippen molar-refractivity contribution >= 4 is 22.5 Å². The van der Waals surface area contributed by atoms with Gasteiger partial charge in [-0.1, -0.05) is 0 Å². The van der Waals surface area contributed by atoms with Crippen LogP contribution in [0.15, 0.2) is 24.3 Å². The van der Waals surface area contributed by atoms with Crippen LogP contribution in [0.4, 0.5) is 5.69 Å². The average Bonchev–Trinajstić information content (AvgIpc) is 2.93. The number of carbonyl (C=O) groups is 1. The summed E-state index contributed by atoms with van der Waals surface area (Å²) in [6.45, 7) is 3.02. The summed E-state index contributed by atoms with van der Waals surface area (Å²) in [5.74, 6) is -0.448. The third kappa shape index (κ3) is 2.45. The molecule has 0 saturated carbocycles. The van der Waals surface area contributed by atoms with Gasteiger partial charge in [-0.25, -0.2) is 0 Å². The highest BCUT2D eigenvalue weighted by molar-refractivity contribution is 6.00. The first kappa shape index (κ1) is 13.8. The Labute approximate surface area is 123 Å². The molecule has 2 heterocycles. The number of primary amides is 1. The number of fused-ring (bicyclic) bond motifs is 1. The summed E-state index contributed by atoms with van der Waals surface area (Å²) in [6, 6.07) is 7.56. The van der Waals surface area contributed by atoms with E-state index in [-0.39, 0.29) is 12.6 Å². The van der Waals surface area contributed by atoms with Crippen molar-refractivity contribution < 1.29 is 9.90 Å². The lowest BCUT2D eigenvalue weighted by atomic mass is 10.1. The highest BCUT2D eigenvalue weighted by Gasteiger charge is 2.25. The van der Waals surface area contributed by atoms with Gasteiger partial charge in [0.05, 0.1) is 18.2 Å². The summed E-state index contributed by atoms with van der Waals surface area (Å²) >= 11 is 0. The first-order valence-corrected chi connectivity index (χ1v) is 7.19. The Morgan fingerprint density at radius 3 is 3.00 bits per heavy atom. The van der Waals surface area contributed by atoms with Gasteiger partial charge in [-0.05, 0) is 44.0 Å². The van der Waals surface area contributed by atoms with Crippen molar-refractivity contribution in [3.63, 3.8) is 0 Å². The van der Waals surface area contributed by atoms with E-state index in [1.165, 1.54) is 0 Å². The number of aryl methyl sites for hydroxylation is 1. The van der Waals surface area contributed by atoms with Gasteiger partial charge < -0.3 is 15.7 Å². The lowest BCUT2D eigenvalue weighted by molar-refractivity contribution is 0.100. The summed E-state index contributed by atoms with van der Waals surface area (Å²) in [4.78, 5) is 18.1. The number of aliphatic hydroxyl groups is 1. The quantitative estimate of drug-likeness (QED) is 0.897.